The van der Waals surface area contributed by atoms with Crippen molar-refractivity contribution in [1.82, 2.24) is 15.0 Å². The number of carbonyl (C=O) groups excluding carboxylic acids is 1. The van der Waals surface area contributed by atoms with Gasteiger partial charge in [-0.3, -0.25) is 4.79 Å². The highest BCUT2D eigenvalue weighted by molar-refractivity contribution is 6.33. The fraction of sp³-hybridized carbons (Fsp3) is 0.208. The summed E-state index contributed by atoms with van der Waals surface area (Å²) in [6, 6.07) is 14.8. The van der Waals surface area contributed by atoms with Gasteiger partial charge in [0, 0.05) is 24.6 Å². The Labute approximate surface area is 188 Å². The number of hydrogen-bond acceptors (Lipinski definition) is 5. The number of amides is 1. The monoisotopic (exact) mass is 451 g/mol. The fourth-order valence-electron chi connectivity index (χ4n) is 3.94. The van der Waals surface area contributed by atoms with Gasteiger partial charge in [0.1, 0.15) is 23.3 Å². The molecule has 1 atom stereocenters. The number of oxazole rings is 1. The number of rotatable bonds is 5. The van der Waals surface area contributed by atoms with Gasteiger partial charge in [-0.15, -0.1) is 0 Å². The number of nitrogens with zero attached hydrogens (tertiary/aromatic N) is 3. The van der Waals surface area contributed by atoms with Crippen LogP contribution in [0.5, 0.6) is 0 Å². The lowest BCUT2D eigenvalue weighted by molar-refractivity contribution is 0.0672. The molecule has 8 heteroatoms. The van der Waals surface area contributed by atoms with Gasteiger partial charge in [-0.05, 0) is 36.6 Å². The smallest absolute Gasteiger partial charge is 0.293 e. The summed E-state index contributed by atoms with van der Waals surface area (Å²) in [5.41, 5.74) is 2.13. The van der Waals surface area contributed by atoms with Crippen molar-refractivity contribution < 1.29 is 18.1 Å². The van der Waals surface area contributed by atoms with Crippen LogP contribution in [0.4, 0.5) is 4.39 Å². The van der Waals surface area contributed by atoms with Crippen LogP contribution < -0.4 is 0 Å². The van der Waals surface area contributed by atoms with E-state index in [-0.39, 0.29) is 23.5 Å². The van der Waals surface area contributed by atoms with E-state index < -0.39 is 0 Å². The zero-order valence-corrected chi connectivity index (χ0v) is 17.8. The average Bonchev–Trinajstić information content (AvgIpc) is 3.56. The largest absolute Gasteiger partial charge is 0.443 e. The van der Waals surface area contributed by atoms with Crippen molar-refractivity contribution in [3.63, 3.8) is 0 Å². The highest BCUT2D eigenvalue weighted by Gasteiger charge is 2.35. The van der Waals surface area contributed by atoms with Crippen LogP contribution in [0.25, 0.3) is 11.3 Å². The average molecular weight is 452 g/mol. The maximum Gasteiger partial charge on any atom is 0.293 e. The molecule has 4 aromatic rings. The van der Waals surface area contributed by atoms with Gasteiger partial charge in [-0.25, -0.2) is 9.37 Å². The first-order chi connectivity index (χ1) is 15.6. The van der Waals surface area contributed by atoms with Crippen LogP contribution in [0, 0.1) is 5.82 Å². The Morgan fingerprint density at radius 2 is 2.00 bits per heavy atom. The number of likely N-dealkylation sites (tertiary alicyclic amines) is 1. The van der Waals surface area contributed by atoms with Gasteiger partial charge in [0.15, 0.2) is 0 Å². The van der Waals surface area contributed by atoms with Crippen LogP contribution in [-0.4, -0.2) is 27.5 Å². The van der Waals surface area contributed by atoms with Crippen LogP contribution in [0.15, 0.2) is 69.7 Å². The summed E-state index contributed by atoms with van der Waals surface area (Å²) < 4.78 is 24.4. The van der Waals surface area contributed by atoms with E-state index in [1.54, 1.807) is 35.4 Å². The lowest BCUT2D eigenvalue weighted by Gasteiger charge is -2.20. The molecule has 32 heavy (non-hydrogen) atoms. The molecular weight excluding hydrogens is 433 g/mol. The molecule has 0 spiro atoms. The molecule has 2 aromatic heterocycles. The van der Waals surface area contributed by atoms with Crippen LogP contribution in [0.3, 0.4) is 0 Å². The number of benzene rings is 2. The van der Waals surface area contributed by atoms with Crippen LogP contribution >= 0.6 is 11.6 Å². The molecule has 6 nitrogen and oxygen atoms in total. The SMILES string of the molecule is O=C(c1cc(-c2ccccc2Cl)no1)N1CCCC1c1ncc(Cc2ccc(F)cc2)o1. The van der Waals surface area contributed by atoms with Crippen molar-refractivity contribution in [2.45, 2.75) is 25.3 Å². The quantitative estimate of drug-likeness (QED) is 0.389. The van der Waals surface area contributed by atoms with E-state index in [0.717, 1.165) is 18.4 Å². The van der Waals surface area contributed by atoms with Crippen molar-refractivity contribution in [2.75, 3.05) is 6.54 Å². The van der Waals surface area contributed by atoms with E-state index in [0.29, 0.717) is 40.9 Å². The Morgan fingerprint density at radius 1 is 1.19 bits per heavy atom. The number of carbonyl (C=O) groups is 1. The molecule has 1 aliphatic heterocycles. The molecule has 162 valence electrons. The van der Waals surface area contributed by atoms with Crippen LogP contribution in [0.1, 0.15) is 46.7 Å². The lowest BCUT2D eigenvalue weighted by Crippen LogP contribution is -2.30. The highest BCUT2D eigenvalue weighted by atomic mass is 35.5. The summed E-state index contributed by atoms with van der Waals surface area (Å²) in [6.45, 7) is 0.571. The molecule has 0 radical (unpaired) electrons. The minimum absolute atomic E-state index is 0.143. The molecule has 1 aliphatic rings. The molecule has 1 saturated heterocycles. The molecule has 0 saturated carbocycles. The standard InChI is InChI=1S/C24H19ClFN3O3/c25-19-5-2-1-4-18(19)20-13-22(32-28-20)24(30)29-11-3-6-21(29)23-27-14-17(31-23)12-15-7-9-16(26)10-8-15/h1-2,4-5,7-10,13-14,21H,3,6,11-12H2. The third-order valence-corrected chi connectivity index (χ3v) is 5.86. The third-order valence-electron chi connectivity index (χ3n) is 5.53. The van der Waals surface area contributed by atoms with Crippen molar-refractivity contribution in [1.29, 1.82) is 0 Å². The number of hydrogen-bond donors (Lipinski definition) is 0. The Kier molecular flexibility index (Phi) is 5.49. The topological polar surface area (TPSA) is 72.4 Å². The van der Waals surface area contributed by atoms with E-state index in [9.17, 15) is 9.18 Å². The molecular formula is C24H19ClFN3O3. The van der Waals surface area contributed by atoms with Gasteiger partial charge >= 0.3 is 0 Å². The second-order valence-electron chi connectivity index (χ2n) is 7.68. The summed E-state index contributed by atoms with van der Waals surface area (Å²) >= 11 is 6.23. The van der Waals surface area contributed by atoms with E-state index >= 15 is 0 Å². The molecule has 2 aromatic carbocycles. The van der Waals surface area contributed by atoms with E-state index in [1.807, 2.05) is 18.2 Å². The highest BCUT2D eigenvalue weighted by Crippen LogP contribution is 2.34. The minimum atomic E-state index is -0.280. The Bertz CT molecular complexity index is 1250. The predicted octanol–water partition coefficient (Wildman–Crippen LogP) is 5.69. The van der Waals surface area contributed by atoms with E-state index in [4.69, 9.17) is 20.5 Å². The van der Waals surface area contributed by atoms with Gasteiger partial charge in [0.2, 0.25) is 11.7 Å². The van der Waals surface area contributed by atoms with Gasteiger partial charge in [0.25, 0.3) is 5.91 Å². The Hall–Kier alpha value is -3.45. The lowest BCUT2D eigenvalue weighted by atomic mass is 10.1. The number of aromatic nitrogens is 2. The van der Waals surface area contributed by atoms with E-state index in [1.165, 1.54) is 12.1 Å². The molecule has 0 N–H and O–H groups in total. The van der Waals surface area contributed by atoms with Crippen molar-refractivity contribution in [2.24, 2.45) is 0 Å². The number of halogens is 2. The summed E-state index contributed by atoms with van der Waals surface area (Å²) in [6.07, 6.45) is 3.73. The van der Waals surface area contributed by atoms with Crippen LogP contribution in [0.2, 0.25) is 5.02 Å². The molecule has 1 fully saturated rings. The van der Waals surface area contributed by atoms with Crippen molar-refractivity contribution in [3.05, 3.63) is 94.6 Å². The van der Waals surface area contributed by atoms with Crippen molar-refractivity contribution in [3.8, 4) is 11.3 Å². The fourth-order valence-corrected chi connectivity index (χ4v) is 4.17. The predicted molar refractivity (Wildman–Crippen MR) is 116 cm³/mol. The third kappa shape index (κ3) is 4.03. The minimum Gasteiger partial charge on any atom is -0.443 e. The Balaban J connectivity index is 1.33. The van der Waals surface area contributed by atoms with E-state index in [2.05, 4.69) is 10.1 Å². The molecule has 0 aliphatic carbocycles. The molecule has 0 bridgehead atoms. The zero-order valence-electron chi connectivity index (χ0n) is 17.0. The second kappa shape index (κ2) is 8.59. The normalized spacial score (nSPS) is 15.9. The zero-order chi connectivity index (χ0) is 22.1. The maximum absolute atomic E-state index is 13.1. The van der Waals surface area contributed by atoms with Gasteiger partial charge in [0.05, 0.1) is 11.2 Å². The first kappa shape index (κ1) is 20.5. The molecule has 1 amide bonds. The molecule has 5 rings (SSSR count). The molecule has 3 heterocycles. The maximum atomic E-state index is 13.1. The summed E-state index contributed by atoms with van der Waals surface area (Å²) in [5, 5.41) is 4.56. The van der Waals surface area contributed by atoms with Gasteiger partial charge in [-0.2, -0.15) is 0 Å². The Morgan fingerprint density at radius 3 is 2.81 bits per heavy atom. The first-order valence-electron chi connectivity index (χ1n) is 10.3. The van der Waals surface area contributed by atoms with Crippen LogP contribution in [-0.2, 0) is 6.42 Å². The molecule has 1 unspecified atom stereocenters. The van der Waals surface area contributed by atoms with Gasteiger partial charge in [-0.1, -0.05) is 47.1 Å². The summed E-state index contributed by atoms with van der Waals surface area (Å²) in [4.78, 5) is 19.2. The first-order valence-corrected chi connectivity index (χ1v) is 10.7. The van der Waals surface area contributed by atoms with Gasteiger partial charge < -0.3 is 13.8 Å². The summed E-state index contributed by atoms with van der Waals surface area (Å²) in [5.74, 6) is 0.740. The second-order valence-corrected chi connectivity index (χ2v) is 8.09. The van der Waals surface area contributed by atoms with Crippen molar-refractivity contribution >= 4 is 17.5 Å². The summed E-state index contributed by atoms with van der Waals surface area (Å²) in [7, 11) is 0.